The van der Waals surface area contributed by atoms with Gasteiger partial charge in [-0.25, -0.2) is 4.98 Å². The molecule has 0 saturated carbocycles. The Bertz CT molecular complexity index is 708. The molecule has 0 spiro atoms. The molecule has 0 aromatic carbocycles. The van der Waals surface area contributed by atoms with Crippen LogP contribution in [0.5, 0.6) is 0 Å². The number of hydrogen-bond donors (Lipinski definition) is 0. The predicted octanol–water partition coefficient (Wildman–Crippen LogP) is 3.10. The molecule has 0 aliphatic heterocycles. The molecule has 0 aliphatic rings. The summed E-state index contributed by atoms with van der Waals surface area (Å²) in [6.45, 7) is 0.703. The van der Waals surface area contributed by atoms with Crippen LogP contribution in [0.1, 0.15) is 11.4 Å². The first-order valence-electron chi connectivity index (χ1n) is 6.42. The fourth-order valence-electron chi connectivity index (χ4n) is 2.27. The van der Waals surface area contributed by atoms with Gasteiger partial charge in [0.1, 0.15) is 5.65 Å². The van der Waals surface area contributed by atoms with E-state index in [9.17, 15) is 0 Å². The highest BCUT2D eigenvalue weighted by Gasteiger charge is 2.15. The quantitative estimate of drug-likeness (QED) is 0.691. The van der Waals surface area contributed by atoms with E-state index in [1.807, 2.05) is 54.0 Å². The van der Waals surface area contributed by atoms with E-state index in [1.165, 1.54) is 0 Å². The van der Waals surface area contributed by atoms with Gasteiger partial charge in [0.05, 0.1) is 23.8 Å². The van der Waals surface area contributed by atoms with Crippen LogP contribution in [0.15, 0.2) is 48.8 Å². The zero-order valence-corrected chi connectivity index (χ0v) is 12.0. The predicted molar refractivity (Wildman–Crippen MR) is 81.1 cm³/mol. The number of nitrogens with zero attached hydrogens (tertiary/aromatic N) is 4. The van der Waals surface area contributed by atoms with Crippen molar-refractivity contribution in [3.63, 3.8) is 0 Å². The Hall–Kier alpha value is -2.07. The molecule has 3 aromatic heterocycles. The Kier molecular flexibility index (Phi) is 3.56. The average molecular weight is 287 g/mol. The fraction of sp³-hybridized carbons (Fsp3) is 0.200. The molecule has 3 rings (SSSR count). The molecule has 0 unspecified atom stereocenters. The zero-order chi connectivity index (χ0) is 13.9. The number of alkyl halides is 1. The van der Waals surface area contributed by atoms with E-state index in [-0.39, 0.29) is 0 Å². The number of pyridine rings is 2. The lowest BCUT2D eigenvalue weighted by molar-refractivity contribution is 0.863. The summed E-state index contributed by atoms with van der Waals surface area (Å²) in [5.74, 6) is 1.32. The van der Waals surface area contributed by atoms with Crippen molar-refractivity contribution in [2.45, 2.75) is 12.4 Å². The molecule has 0 atom stereocenters. The Morgan fingerprint density at radius 3 is 2.80 bits per heavy atom. The van der Waals surface area contributed by atoms with Gasteiger partial charge >= 0.3 is 0 Å². The summed E-state index contributed by atoms with van der Waals surface area (Å²) in [6.07, 6.45) is 3.79. The number of rotatable bonds is 4. The van der Waals surface area contributed by atoms with Gasteiger partial charge in [-0.15, -0.1) is 11.6 Å². The number of hydrogen-bond acceptors (Lipinski definition) is 3. The molecular weight excluding hydrogens is 272 g/mol. The fourth-order valence-corrected chi connectivity index (χ4v) is 2.52. The molecule has 0 aliphatic carbocycles. The van der Waals surface area contributed by atoms with Gasteiger partial charge < -0.3 is 9.30 Å². The lowest BCUT2D eigenvalue weighted by Crippen LogP contribution is -2.18. The molecule has 0 amide bonds. The third kappa shape index (κ3) is 2.34. The molecule has 3 aromatic rings. The van der Waals surface area contributed by atoms with Crippen LogP contribution in [0.2, 0.25) is 0 Å². The first-order chi connectivity index (χ1) is 9.79. The Morgan fingerprint density at radius 1 is 1.20 bits per heavy atom. The van der Waals surface area contributed by atoms with Crippen LogP contribution < -0.4 is 4.90 Å². The zero-order valence-electron chi connectivity index (χ0n) is 11.2. The van der Waals surface area contributed by atoms with Gasteiger partial charge in [0, 0.05) is 19.4 Å². The highest BCUT2D eigenvalue weighted by atomic mass is 35.5. The van der Waals surface area contributed by atoms with Gasteiger partial charge in [0.2, 0.25) is 0 Å². The summed E-state index contributed by atoms with van der Waals surface area (Å²) in [5.41, 5.74) is 2.92. The van der Waals surface area contributed by atoms with Crippen molar-refractivity contribution in [2.75, 3.05) is 11.9 Å². The standard InChI is InChI=1S/C15H15ClN4/c1-19(11-12-6-2-4-8-17-12)15-13(10-16)20-9-5-3-7-14(20)18-15/h2-9H,10-11H2,1H3. The number of imidazole rings is 1. The van der Waals surface area contributed by atoms with Crippen LogP contribution in [-0.4, -0.2) is 21.4 Å². The largest absolute Gasteiger partial charge is 0.352 e. The van der Waals surface area contributed by atoms with Crippen molar-refractivity contribution in [1.82, 2.24) is 14.4 Å². The van der Waals surface area contributed by atoms with Crippen LogP contribution in [-0.2, 0) is 12.4 Å². The van der Waals surface area contributed by atoms with Crippen LogP contribution >= 0.6 is 11.6 Å². The van der Waals surface area contributed by atoms with E-state index in [2.05, 4.69) is 14.9 Å². The molecule has 0 radical (unpaired) electrons. The maximum atomic E-state index is 6.10. The maximum absolute atomic E-state index is 6.10. The second kappa shape index (κ2) is 5.51. The summed E-state index contributed by atoms with van der Waals surface area (Å²) in [6, 6.07) is 11.8. The minimum absolute atomic E-state index is 0.424. The second-order valence-electron chi connectivity index (χ2n) is 4.62. The van der Waals surface area contributed by atoms with E-state index in [1.54, 1.807) is 6.20 Å². The van der Waals surface area contributed by atoms with Crippen molar-refractivity contribution >= 4 is 23.1 Å². The summed E-state index contributed by atoms with van der Waals surface area (Å²) >= 11 is 6.10. The number of halogens is 1. The molecular formula is C15H15ClN4. The van der Waals surface area contributed by atoms with Gasteiger partial charge in [-0.2, -0.15) is 0 Å². The van der Waals surface area contributed by atoms with E-state index in [0.717, 1.165) is 22.9 Å². The molecule has 0 fully saturated rings. The summed E-state index contributed by atoms with van der Waals surface area (Å²) < 4.78 is 2.03. The Labute approximate surface area is 122 Å². The highest BCUT2D eigenvalue weighted by molar-refractivity contribution is 6.17. The number of fused-ring (bicyclic) bond motifs is 1. The van der Waals surface area contributed by atoms with E-state index < -0.39 is 0 Å². The van der Waals surface area contributed by atoms with Crippen LogP contribution in [0.3, 0.4) is 0 Å². The minimum atomic E-state index is 0.424. The van der Waals surface area contributed by atoms with Gasteiger partial charge in [-0.3, -0.25) is 4.98 Å². The van der Waals surface area contributed by atoms with Crippen LogP contribution in [0.4, 0.5) is 5.82 Å². The molecule has 5 heteroatoms. The molecule has 0 bridgehead atoms. The first kappa shape index (κ1) is 12.9. The van der Waals surface area contributed by atoms with E-state index in [4.69, 9.17) is 11.6 Å². The summed E-state index contributed by atoms with van der Waals surface area (Å²) in [7, 11) is 2.01. The Morgan fingerprint density at radius 2 is 2.05 bits per heavy atom. The van der Waals surface area contributed by atoms with Crippen molar-refractivity contribution in [2.24, 2.45) is 0 Å². The topological polar surface area (TPSA) is 33.4 Å². The lowest BCUT2D eigenvalue weighted by atomic mass is 10.3. The van der Waals surface area contributed by atoms with Gasteiger partial charge in [0.15, 0.2) is 5.82 Å². The molecule has 4 nitrogen and oxygen atoms in total. The van der Waals surface area contributed by atoms with E-state index in [0.29, 0.717) is 12.4 Å². The van der Waals surface area contributed by atoms with Crippen molar-refractivity contribution in [3.8, 4) is 0 Å². The average Bonchev–Trinajstić information content (AvgIpc) is 2.87. The highest BCUT2D eigenvalue weighted by Crippen LogP contribution is 2.23. The second-order valence-corrected chi connectivity index (χ2v) is 4.89. The number of anilines is 1. The SMILES string of the molecule is CN(Cc1ccccn1)c1nc2ccccn2c1CCl. The van der Waals surface area contributed by atoms with Gasteiger partial charge in [-0.05, 0) is 24.3 Å². The van der Waals surface area contributed by atoms with E-state index >= 15 is 0 Å². The van der Waals surface area contributed by atoms with Crippen molar-refractivity contribution in [1.29, 1.82) is 0 Å². The molecule has 102 valence electrons. The van der Waals surface area contributed by atoms with Crippen LogP contribution in [0, 0.1) is 0 Å². The monoisotopic (exact) mass is 286 g/mol. The molecule has 20 heavy (non-hydrogen) atoms. The normalized spacial score (nSPS) is 10.9. The van der Waals surface area contributed by atoms with Crippen LogP contribution in [0.25, 0.3) is 5.65 Å². The van der Waals surface area contributed by atoms with Gasteiger partial charge in [-0.1, -0.05) is 12.1 Å². The molecule has 0 saturated heterocycles. The molecule has 0 N–H and O–H groups in total. The third-order valence-electron chi connectivity index (χ3n) is 3.22. The summed E-state index contributed by atoms with van der Waals surface area (Å²) in [5, 5.41) is 0. The Balaban J connectivity index is 1.97. The lowest BCUT2D eigenvalue weighted by Gasteiger charge is -2.17. The smallest absolute Gasteiger partial charge is 0.152 e. The number of aromatic nitrogens is 3. The van der Waals surface area contributed by atoms with Crippen molar-refractivity contribution in [3.05, 3.63) is 60.2 Å². The minimum Gasteiger partial charge on any atom is -0.352 e. The first-order valence-corrected chi connectivity index (χ1v) is 6.96. The van der Waals surface area contributed by atoms with Crippen molar-refractivity contribution < 1.29 is 0 Å². The maximum Gasteiger partial charge on any atom is 0.152 e. The van der Waals surface area contributed by atoms with Gasteiger partial charge in [0.25, 0.3) is 0 Å². The molecule has 3 heterocycles. The summed E-state index contributed by atoms with van der Waals surface area (Å²) in [4.78, 5) is 11.1. The third-order valence-corrected chi connectivity index (χ3v) is 3.47.